The average molecular weight is 375 g/mol. The van der Waals surface area contributed by atoms with E-state index in [1.165, 1.54) is 0 Å². The molecule has 0 bridgehead atoms. The summed E-state index contributed by atoms with van der Waals surface area (Å²) < 4.78 is 11.5. The van der Waals surface area contributed by atoms with E-state index in [9.17, 15) is 9.59 Å². The molecule has 1 aromatic carbocycles. The second-order valence-electron chi connectivity index (χ2n) is 7.03. The van der Waals surface area contributed by atoms with Crippen LogP contribution in [0.1, 0.15) is 32.1 Å². The summed E-state index contributed by atoms with van der Waals surface area (Å²) in [6.45, 7) is 3.46. The molecular weight excluding hydrogens is 346 g/mol. The van der Waals surface area contributed by atoms with Crippen LogP contribution in [0.2, 0.25) is 0 Å². The molecule has 0 aliphatic carbocycles. The first-order valence-corrected chi connectivity index (χ1v) is 9.80. The van der Waals surface area contributed by atoms with E-state index < -0.39 is 0 Å². The van der Waals surface area contributed by atoms with E-state index in [1.54, 1.807) is 4.90 Å². The minimum Gasteiger partial charge on any atom is -0.484 e. The Labute approximate surface area is 160 Å². The number of piperidine rings is 1. The van der Waals surface area contributed by atoms with Crippen LogP contribution in [-0.2, 0) is 14.3 Å². The van der Waals surface area contributed by atoms with E-state index >= 15 is 0 Å². The topological polar surface area (TPSA) is 85.1 Å². The van der Waals surface area contributed by atoms with Crippen molar-refractivity contribution in [1.29, 1.82) is 0 Å². The van der Waals surface area contributed by atoms with E-state index in [2.05, 4.69) is 0 Å². The van der Waals surface area contributed by atoms with Crippen LogP contribution >= 0.6 is 0 Å². The van der Waals surface area contributed by atoms with E-state index in [-0.39, 0.29) is 24.5 Å². The van der Waals surface area contributed by atoms with Gasteiger partial charge in [0.15, 0.2) is 6.61 Å². The van der Waals surface area contributed by atoms with Gasteiger partial charge in [0.25, 0.3) is 5.91 Å². The molecule has 0 spiro atoms. The third kappa shape index (κ3) is 5.43. The lowest BCUT2D eigenvalue weighted by Gasteiger charge is -2.32. The Morgan fingerprint density at radius 2 is 2.04 bits per heavy atom. The molecule has 2 N–H and O–H groups in total. The van der Waals surface area contributed by atoms with Gasteiger partial charge in [0, 0.05) is 44.4 Å². The highest BCUT2D eigenvalue weighted by Crippen LogP contribution is 2.25. The molecule has 148 valence electrons. The number of nitrogens with two attached hydrogens (primary N) is 1. The maximum Gasteiger partial charge on any atom is 0.260 e. The van der Waals surface area contributed by atoms with Gasteiger partial charge >= 0.3 is 0 Å². The Balaban J connectivity index is 1.44. The largest absolute Gasteiger partial charge is 0.484 e. The zero-order chi connectivity index (χ0) is 19.1. The van der Waals surface area contributed by atoms with Gasteiger partial charge in [-0.15, -0.1) is 0 Å². The predicted molar refractivity (Wildman–Crippen MR) is 103 cm³/mol. The zero-order valence-corrected chi connectivity index (χ0v) is 15.8. The van der Waals surface area contributed by atoms with Gasteiger partial charge in [-0.1, -0.05) is 6.07 Å². The maximum absolute atomic E-state index is 12.4. The number of carbonyl (C=O) groups excluding carboxylic acids is 2. The molecule has 2 saturated heterocycles. The van der Waals surface area contributed by atoms with Gasteiger partial charge in [-0.05, 0) is 44.4 Å². The molecule has 3 rings (SSSR count). The monoisotopic (exact) mass is 375 g/mol. The van der Waals surface area contributed by atoms with Crippen molar-refractivity contribution in [3.63, 3.8) is 0 Å². The Bertz CT molecular complexity index is 644. The number of carbonyl (C=O) groups is 2. The van der Waals surface area contributed by atoms with Crippen LogP contribution in [0.5, 0.6) is 5.75 Å². The predicted octanol–water partition coefficient (Wildman–Crippen LogP) is 1.55. The molecule has 27 heavy (non-hydrogen) atoms. The summed E-state index contributed by atoms with van der Waals surface area (Å²) in [5, 5.41) is 0. The molecule has 0 aromatic heterocycles. The number of anilines is 1. The first-order valence-electron chi connectivity index (χ1n) is 9.80. The SMILES string of the molecule is NCCCOC1CCN(C(=O)COc2cccc(N3CCCC3=O)c2)CC1. The summed E-state index contributed by atoms with van der Waals surface area (Å²) in [7, 11) is 0. The highest BCUT2D eigenvalue weighted by atomic mass is 16.5. The lowest BCUT2D eigenvalue weighted by Crippen LogP contribution is -2.43. The van der Waals surface area contributed by atoms with Gasteiger partial charge in [-0.3, -0.25) is 9.59 Å². The number of ether oxygens (including phenoxy) is 2. The van der Waals surface area contributed by atoms with E-state index in [0.717, 1.165) is 37.9 Å². The average Bonchev–Trinajstić information content (AvgIpc) is 3.13. The van der Waals surface area contributed by atoms with E-state index in [1.807, 2.05) is 29.2 Å². The number of rotatable bonds is 8. The molecular formula is C20H29N3O4. The van der Waals surface area contributed by atoms with Crippen LogP contribution in [0.15, 0.2) is 24.3 Å². The Morgan fingerprint density at radius 3 is 2.74 bits per heavy atom. The summed E-state index contributed by atoms with van der Waals surface area (Å²) in [5.41, 5.74) is 6.30. The number of amides is 2. The first kappa shape index (κ1) is 19.6. The lowest BCUT2D eigenvalue weighted by molar-refractivity contribution is -0.136. The third-order valence-corrected chi connectivity index (χ3v) is 5.06. The van der Waals surface area contributed by atoms with Crippen LogP contribution in [0.4, 0.5) is 5.69 Å². The molecule has 0 unspecified atom stereocenters. The maximum atomic E-state index is 12.4. The second kappa shape index (κ2) is 9.71. The molecule has 0 radical (unpaired) electrons. The smallest absolute Gasteiger partial charge is 0.260 e. The Kier molecular flexibility index (Phi) is 7.06. The quantitative estimate of drug-likeness (QED) is 0.697. The van der Waals surface area contributed by atoms with E-state index in [4.69, 9.17) is 15.2 Å². The molecule has 0 atom stereocenters. The highest BCUT2D eigenvalue weighted by molar-refractivity contribution is 5.95. The summed E-state index contributed by atoms with van der Waals surface area (Å²) in [5.74, 6) is 0.735. The van der Waals surface area contributed by atoms with Crippen molar-refractivity contribution in [3.8, 4) is 5.75 Å². The summed E-state index contributed by atoms with van der Waals surface area (Å²) in [4.78, 5) is 27.9. The van der Waals surface area contributed by atoms with Crippen LogP contribution in [0, 0.1) is 0 Å². The molecule has 7 heteroatoms. The number of hydrogen-bond acceptors (Lipinski definition) is 5. The number of hydrogen-bond donors (Lipinski definition) is 1. The van der Waals surface area contributed by atoms with Gasteiger partial charge in [-0.25, -0.2) is 0 Å². The second-order valence-corrected chi connectivity index (χ2v) is 7.03. The normalized spacial score (nSPS) is 18.2. The van der Waals surface area contributed by atoms with Gasteiger partial charge < -0.3 is 25.0 Å². The molecule has 1 aromatic rings. The minimum absolute atomic E-state index is 0.0100. The lowest BCUT2D eigenvalue weighted by atomic mass is 10.1. The molecule has 2 fully saturated rings. The Hall–Kier alpha value is -2.12. The van der Waals surface area contributed by atoms with Crippen molar-refractivity contribution in [2.45, 2.75) is 38.2 Å². The van der Waals surface area contributed by atoms with Crippen molar-refractivity contribution >= 4 is 17.5 Å². The fourth-order valence-electron chi connectivity index (χ4n) is 3.50. The number of benzene rings is 1. The van der Waals surface area contributed by atoms with Crippen LogP contribution < -0.4 is 15.4 Å². The van der Waals surface area contributed by atoms with Crippen LogP contribution in [0.25, 0.3) is 0 Å². The molecule has 2 heterocycles. The molecule has 0 saturated carbocycles. The first-order chi connectivity index (χ1) is 13.2. The fourth-order valence-corrected chi connectivity index (χ4v) is 3.50. The number of likely N-dealkylation sites (tertiary alicyclic amines) is 1. The van der Waals surface area contributed by atoms with E-state index in [0.29, 0.717) is 38.4 Å². The molecule has 7 nitrogen and oxygen atoms in total. The van der Waals surface area contributed by atoms with Crippen molar-refractivity contribution in [2.75, 3.05) is 44.3 Å². The van der Waals surface area contributed by atoms with Crippen molar-refractivity contribution in [2.24, 2.45) is 5.73 Å². The standard InChI is InChI=1S/C20H29N3O4/c21-9-3-13-26-17-7-11-22(12-8-17)20(25)15-27-18-5-1-4-16(14-18)23-10-2-6-19(23)24/h1,4-5,14,17H,2-3,6-13,15,21H2. The van der Waals surface area contributed by atoms with Gasteiger partial charge in [0.1, 0.15) is 5.75 Å². The van der Waals surface area contributed by atoms with Crippen molar-refractivity contribution < 1.29 is 19.1 Å². The Morgan fingerprint density at radius 1 is 1.22 bits per heavy atom. The number of nitrogens with zero attached hydrogens (tertiary/aromatic N) is 2. The third-order valence-electron chi connectivity index (χ3n) is 5.06. The fraction of sp³-hybridized carbons (Fsp3) is 0.600. The van der Waals surface area contributed by atoms with Gasteiger partial charge in [0.2, 0.25) is 5.91 Å². The summed E-state index contributed by atoms with van der Waals surface area (Å²) >= 11 is 0. The van der Waals surface area contributed by atoms with Gasteiger partial charge in [0.05, 0.1) is 6.10 Å². The van der Waals surface area contributed by atoms with Crippen molar-refractivity contribution in [1.82, 2.24) is 4.90 Å². The minimum atomic E-state index is -0.0157. The van der Waals surface area contributed by atoms with Crippen LogP contribution in [0.3, 0.4) is 0 Å². The molecule has 2 aliphatic rings. The van der Waals surface area contributed by atoms with Gasteiger partial charge in [-0.2, -0.15) is 0 Å². The molecule has 2 aliphatic heterocycles. The molecule has 2 amide bonds. The zero-order valence-electron chi connectivity index (χ0n) is 15.8. The van der Waals surface area contributed by atoms with Crippen molar-refractivity contribution in [3.05, 3.63) is 24.3 Å². The summed E-state index contributed by atoms with van der Waals surface area (Å²) in [6.07, 6.45) is 4.26. The highest BCUT2D eigenvalue weighted by Gasteiger charge is 2.24. The summed E-state index contributed by atoms with van der Waals surface area (Å²) in [6, 6.07) is 7.39. The van der Waals surface area contributed by atoms with Crippen LogP contribution in [-0.4, -0.2) is 62.2 Å².